The summed E-state index contributed by atoms with van der Waals surface area (Å²) in [4.78, 5) is 4.28. The van der Waals surface area contributed by atoms with Gasteiger partial charge < -0.3 is 9.88 Å². The second-order valence-corrected chi connectivity index (χ2v) is 5.74. The number of benzene rings is 1. The van der Waals surface area contributed by atoms with E-state index in [4.69, 9.17) is 11.6 Å². The van der Waals surface area contributed by atoms with E-state index in [9.17, 15) is 0 Å². The van der Waals surface area contributed by atoms with E-state index in [1.54, 1.807) is 0 Å². The Balaban J connectivity index is 2.00. The van der Waals surface area contributed by atoms with Crippen molar-refractivity contribution in [3.05, 3.63) is 45.9 Å². The standard InChI is InChI=1S/C13H13BrClN3/c14-11-2-1-10(5-12(11)15)18-8-17-7-13(18)9-3-4-16-6-9/h1-2,5,7-9,16H,3-4,6H2. The third kappa shape index (κ3) is 2.20. The Morgan fingerprint density at radius 3 is 3.06 bits per heavy atom. The van der Waals surface area contributed by atoms with Crippen LogP contribution in [0.1, 0.15) is 18.0 Å². The number of aromatic nitrogens is 2. The fourth-order valence-corrected chi connectivity index (χ4v) is 2.79. The van der Waals surface area contributed by atoms with Crippen LogP contribution in [0.15, 0.2) is 35.2 Å². The lowest BCUT2D eigenvalue weighted by Gasteiger charge is -2.13. The van der Waals surface area contributed by atoms with Gasteiger partial charge in [0.1, 0.15) is 0 Å². The maximum atomic E-state index is 6.15. The summed E-state index contributed by atoms with van der Waals surface area (Å²) in [5, 5.41) is 4.10. The predicted octanol–water partition coefficient (Wildman–Crippen LogP) is 3.37. The second-order valence-electron chi connectivity index (χ2n) is 4.48. The van der Waals surface area contributed by atoms with Gasteiger partial charge >= 0.3 is 0 Å². The fraction of sp³-hybridized carbons (Fsp3) is 0.308. The number of nitrogens with one attached hydrogen (secondary N) is 1. The minimum Gasteiger partial charge on any atom is -0.316 e. The number of imidazole rings is 1. The fourth-order valence-electron chi connectivity index (χ4n) is 2.37. The molecular formula is C13H13BrClN3. The highest BCUT2D eigenvalue weighted by atomic mass is 79.9. The molecule has 0 spiro atoms. The van der Waals surface area contributed by atoms with Gasteiger partial charge in [0, 0.05) is 34.5 Å². The van der Waals surface area contributed by atoms with E-state index in [-0.39, 0.29) is 0 Å². The third-order valence-electron chi connectivity index (χ3n) is 3.33. The van der Waals surface area contributed by atoms with Crippen molar-refractivity contribution in [3.8, 4) is 5.69 Å². The molecule has 0 bridgehead atoms. The van der Waals surface area contributed by atoms with Crippen molar-refractivity contribution < 1.29 is 0 Å². The van der Waals surface area contributed by atoms with Gasteiger partial charge in [-0.15, -0.1) is 0 Å². The molecule has 1 aromatic carbocycles. The molecule has 1 saturated heterocycles. The van der Waals surface area contributed by atoms with Gasteiger partial charge in [0.25, 0.3) is 0 Å². The summed E-state index contributed by atoms with van der Waals surface area (Å²) >= 11 is 9.56. The highest BCUT2D eigenvalue weighted by Gasteiger charge is 2.20. The van der Waals surface area contributed by atoms with Crippen LogP contribution in [0, 0.1) is 0 Å². The number of hydrogen-bond acceptors (Lipinski definition) is 2. The quantitative estimate of drug-likeness (QED) is 0.917. The molecule has 1 fully saturated rings. The maximum Gasteiger partial charge on any atom is 0.0994 e. The summed E-state index contributed by atoms with van der Waals surface area (Å²) < 4.78 is 3.04. The molecule has 5 heteroatoms. The second kappa shape index (κ2) is 5.03. The van der Waals surface area contributed by atoms with Gasteiger partial charge in [-0.3, -0.25) is 0 Å². The van der Waals surface area contributed by atoms with Crippen molar-refractivity contribution in [2.24, 2.45) is 0 Å². The SMILES string of the molecule is Clc1cc(-n2cncc2C2CCNC2)ccc1Br. The number of hydrogen-bond donors (Lipinski definition) is 1. The Morgan fingerprint density at radius 2 is 2.33 bits per heavy atom. The molecule has 1 aromatic heterocycles. The smallest absolute Gasteiger partial charge is 0.0994 e. The van der Waals surface area contributed by atoms with Crippen molar-refractivity contribution >= 4 is 27.5 Å². The van der Waals surface area contributed by atoms with E-state index in [1.165, 1.54) is 5.69 Å². The highest BCUT2D eigenvalue weighted by molar-refractivity contribution is 9.10. The predicted molar refractivity (Wildman–Crippen MR) is 76.5 cm³/mol. The van der Waals surface area contributed by atoms with E-state index in [0.29, 0.717) is 5.92 Å². The lowest BCUT2D eigenvalue weighted by Crippen LogP contribution is -2.10. The average Bonchev–Trinajstić information content (AvgIpc) is 3.00. The van der Waals surface area contributed by atoms with Crippen LogP contribution in [0.25, 0.3) is 5.69 Å². The van der Waals surface area contributed by atoms with Crippen molar-refractivity contribution in [1.82, 2.24) is 14.9 Å². The molecule has 0 amide bonds. The van der Waals surface area contributed by atoms with Gasteiger partial charge in [-0.2, -0.15) is 0 Å². The molecule has 0 radical (unpaired) electrons. The molecule has 94 valence electrons. The molecule has 1 atom stereocenters. The van der Waals surface area contributed by atoms with Crippen molar-refractivity contribution in [2.75, 3.05) is 13.1 Å². The molecule has 1 N–H and O–H groups in total. The lowest BCUT2D eigenvalue weighted by atomic mass is 10.1. The Labute approximate surface area is 119 Å². The first-order valence-corrected chi connectivity index (χ1v) is 7.11. The largest absolute Gasteiger partial charge is 0.316 e. The molecule has 2 heterocycles. The topological polar surface area (TPSA) is 29.9 Å². The molecule has 1 aliphatic heterocycles. The van der Waals surface area contributed by atoms with E-state index in [1.807, 2.05) is 30.7 Å². The Bertz CT molecular complexity index is 561. The molecule has 2 aromatic rings. The zero-order valence-corrected chi connectivity index (χ0v) is 12.1. The Morgan fingerprint density at radius 1 is 1.44 bits per heavy atom. The monoisotopic (exact) mass is 325 g/mol. The van der Waals surface area contributed by atoms with Crippen molar-refractivity contribution in [1.29, 1.82) is 0 Å². The van der Waals surface area contributed by atoms with Crippen molar-refractivity contribution in [3.63, 3.8) is 0 Å². The number of halogens is 2. The van der Waals surface area contributed by atoms with Crippen LogP contribution >= 0.6 is 27.5 Å². The average molecular weight is 327 g/mol. The van der Waals surface area contributed by atoms with E-state index in [0.717, 1.165) is 34.7 Å². The van der Waals surface area contributed by atoms with Gasteiger partial charge in [0.2, 0.25) is 0 Å². The summed E-state index contributed by atoms with van der Waals surface area (Å²) in [6.45, 7) is 2.10. The number of rotatable bonds is 2. The summed E-state index contributed by atoms with van der Waals surface area (Å²) in [7, 11) is 0. The summed E-state index contributed by atoms with van der Waals surface area (Å²) in [6, 6.07) is 5.97. The maximum absolute atomic E-state index is 6.15. The van der Waals surface area contributed by atoms with Crippen LogP contribution in [0.2, 0.25) is 5.02 Å². The first-order valence-electron chi connectivity index (χ1n) is 5.94. The van der Waals surface area contributed by atoms with Crippen LogP contribution in [-0.4, -0.2) is 22.6 Å². The normalized spacial score (nSPS) is 19.3. The molecule has 3 nitrogen and oxygen atoms in total. The molecule has 0 aliphatic carbocycles. The minimum atomic E-state index is 0.537. The minimum absolute atomic E-state index is 0.537. The van der Waals surface area contributed by atoms with Crippen LogP contribution in [0.3, 0.4) is 0 Å². The first-order chi connectivity index (χ1) is 8.75. The van der Waals surface area contributed by atoms with Crippen LogP contribution in [0.5, 0.6) is 0 Å². The summed E-state index contributed by atoms with van der Waals surface area (Å²) in [6.07, 6.45) is 4.97. The van der Waals surface area contributed by atoms with Gasteiger partial charge in [-0.1, -0.05) is 11.6 Å². The molecular weight excluding hydrogens is 314 g/mol. The summed E-state index contributed by atoms with van der Waals surface area (Å²) in [5.41, 5.74) is 2.31. The third-order valence-corrected chi connectivity index (χ3v) is 4.56. The number of nitrogens with zero attached hydrogens (tertiary/aromatic N) is 2. The molecule has 0 saturated carbocycles. The molecule has 1 aliphatic rings. The Kier molecular flexibility index (Phi) is 3.41. The van der Waals surface area contributed by atoms with Gasteiger partial charge in [-0.05, 0) is 47.1 Å². The van der Waals surface area contributed by atoms with E-state index in [2.05, 4.69) is 30.8 Å². The summed E-state index contributed by atoms with van der Waals surface area (Å²) in [5.74, 6) is 0.537. The zero-order valence-electron chi connectivity index (χ0n) is 9.74. The lowest BCUT2D eigenvalue weighted by molar-refractivity contribution is 0.714. The molecule has 1 unspecified atom stereocenters. The van der Waals surface area contributed by atoms with Crippen LogP contribution in [0.4, 0.5) is 0 Å². The van der Waals surface area contributed by atoms with Crippen LogP contribution < -0.4 is 5.32 Å². The molecule has 18 heavy (non-hydrogen) atoms. The van der Waals surface area contributed by atoms with Gasteiger partial charge in [-0.25, -0.2) is 4.98 Å². The van der Waals surface area contributed by atoms with E-state index < -0.39 is 0 Å². The van der Waals surface area contributed by atoms with Gasteiger partial charge in [0.15, 0.2) is 0 Å². The highest BCUT2D eigenvalue weighted by Crippen LogP contribution is 2.28. The zero-order chi connectivity index (χ0) is 12.5. The van der Waals surface area contributed by atoms with E-state index >= 15 is 0 Å². The molecule has 3 rings (SSSR count). The first kappa shape index (κ1) is 12.2. The van der Waals surface area contributed by atoms with Gasteiger partial charge in [0.05, 0.1) is 11.3 Å². The van der Waals surface area contributed by atoms with Crippen LogP contribution in [-0.2, 0) is 0 Å². The van der Waals surface area contributed by atoms with Crippen molar-refractivity contribution in [2.45, 2.75) is 12.3 Å². The Hall–Kier alpha value is -0.840.